The van der Waals surface area contributed by atoms with Gasteiger partial charge in [0.05, 0.1) is 10.5 Å². The molecule has 1 saturated carbocycles. The Labute approximate surface area is 148 Å². The molecule has 0 radical (unpaired) electrons. The van der Waals surface area contributed by atoms with Gasteiger partial charge < -0.3 is 15.4 Å². The van der Waals surface area contributed by atoms with Gasteiger partial charge in [-0.3, -0.25) is 19.8 Å². The number of benzene rings is 1. The Morgan fingerprint density at radius 2 is 2.15 bits per heavy atom. The first kappa shape index (κ1) is 17.6. The largest absolute Gasteiger partial charge is 0.449 e. The van der Waals surface area contributed by atoms with Gasteiger partial charge in [-0.05, 0) is 31.9 Å². The highest BCUT2D eigenvalue weighted by molar-refractivity contribution is 5.99. The fourth-order valence-corrected chi connectivity index (χ4v) is 2.56. The second-order valence-corrected chi connectivity index (χ2v) is 6.18. The number of nitrogens with one attached hydrogen (secondary N) is 2. The fraction of sp³-hybridized carbons (Fsp3) is 0.438. The topological polar surface area (TPSA) is 131 Å². The van der Waals surface area contributed by atoms with Gasteiger partial charge in [0.1, 0.15) is 5.69 Å². The molecule has 1 aliphatic heterocycles. The highest BCUT2D eigenvalue weighted by Crippen LogP contribution is 2.31. The van der Waals surface area contributed by atoms with Crippen LogP contribution in [0, 0.1) is 10.1 Å². The van der Waals surface area contributed by atoms with Crippen molar-refractivity contribution in [2.24, 2.45) is 0 Å². The first-order valence-electron chi connectivity index (χ1n) is 8.22. The van der Waals surface area contributed by atoms with Crippen LogP contribution in [0.3, 0.4) is 0 Å². The molecule has 0 bridgehead atoms. The molecule has 3 rings (SSSR count). The summed E-state index contributed by atoms with van der Waals surface area (Å²) in [4.78, 5) is 47.5. The Hall–Kier alpha value is -3.17. The van der Waals surface area contributed by atoms with Gasteiger partial charge in [0.15, 0.2) is 6.10 Å². The van der Waals surface area contributed by atoms with E-state index in [0.29, 0.717) is 12.2 Å². The molecule has 2 N–H and O–H groups in total. The van der Waals surface area contributed by atoms with E-state index < -0.39 is 28.9 Å². The lowest BCUT2D eigenvalue weighted by Gasteiger charge is -2.18. The summed E-state index contributed by atoms with van der Waals surface area (Å²) in [5, 5.41) is 16.8. The lowest BCUT2D eigenvalue weighted by molar-refractivity contribution is -0.384. The van der Waals surface area contributed by atoms with Crippen molar-refractivity contribution in [1.29, 1.82) is 0 Å². The maximum Gasteiger partial charge on any atom is 0.339 e. The maximum absolute atomic E-state index is 12.2. The van der Waals surface area contributed by atoms with E-state index in [1.807, 2.05) is 0 Å². The Bertz CT molecular complexity index is 776. The van der Waals surface area contributed by atoms with Crippen LogP contribution in [0.1, 0.15) is 30.1 Å². The third-order valence-electron chi connectivity index (χ3n) is 4.12. The van der Waals surface area contributed by atoms with Crippen LogP contribution in [-0.2, 0) is 9.53 Å². The van der Waals surface area contributed by atoms with Crippen molar-refractivity contribution >= 4 is 29.3 Å². The summed E-state index contributed by atoms with van der Waals surface area (Å²) in [6.45, 7) is 1.89. The van der Waals surface area contributed by atoms with Gasteiger partial charge in [-0.2, -0.15) is 0 Å². The molecule has 10 nitrogen and oxygen atoms in total. The normalized spacial score (nSPS) is 17.4. The minimum Gasteiger partial charge on any atom is -0.449 e. The first-order chi connectivity index (χ1) is 12.4. The summed E-state index contributed by atoms with van der Waals surface area (Å²) < 4.78 is 5.07. The quantitative estimate of drug-likeness (QED) is 0.442. The van der Waals surface area contributed by atoms with Crippen molar-refractivity contribution in [3.05, 3.63) is 33.9 Å². The Balaban J connectivity index is 1.70. The van der Waals surface area contributed by atoms with Crippen molar-refractivity contribution in [2.45, 2.75) is 31.9 Å². The number of amides is 3. The van der Waals surface area contributed by atoms with E-state index in [1.54, 1.807) is 0 Å². The van der Waals surface area contributed by atoms with Crippen LogP contribution in [0.15, 0.2) is 18.2 Å². The van der Waals surface area contributed by atoms with Gasteiger partial charge in [-0.1, -0.05) is 0 Å². The smallest absolute Gasteiger partial charge is 0.339 e. The second kappa shape index (κ2) is 6.98. The number of nitro groups is 1. The molecule has 10 heteroatoms. The standard InChI is InChI=1S/C16H18N4O6/c1-9(14(21)19-7-6-17-16(19)23)26-15(22)10-2-5-12(18-11-3-4-11)13(8-10)20(24)25/h2,5,8-9,11,18H,3-4,6-7H2,1H3,(H,17,23). The third-order valence-corrected chi connectivity index (χ3v) is 4.12. The molecule has 1 aromatic carbocycles. The zero-order valence-electron chi connectivity index (χ0n) is 14.1. The van der Waals surface area contributed by atoms with Crippen molar-refractivity contribution in [1.82, 2.24) is 10.2 Å². The van der Waals surface area contributed by atoms with Gasteiger partial charge in [0.2, 0.25) is 0 Å². The second-order valence-electron chi connectivity index (χ2n) is 6.18. The number of ether oxygens (including phenoxy) is 1. The molecule has 3 amide bonds. The fourth-order valence-electron chi connectivity index (χ4n) is 2.56. The summed E-state index contributed by atoms with van der Waals surface area (Å²) in [5.41, 5.74) is 0.0692. The average molecular weight is 362 g/mol. The minimum absolute atomic E-state index is 0.0384. The maximum atomic E-state index is 12.2. The molecule has 1 saturated heterocycles. The molecule has 1 heterocycles. The highest BCUT2D eigenvalue weighted by atomic mass is 16.6. The number of esters is 1. The van der Waals surface area contributed by atoms with Gasteiger partial charge in [-0.25, -0.2) is 9.59 Å². The van der Waals surface area contributed by atoms with Crippen LogP contribution >= 0.6 is 0 Å². The summed E-state index contributed by atoms with van der Waals surface area (Å²) in [5.74, 6) is -1.51. The van der Waals surface area contributed by atoms with E-state index in [9.17, 15) is 24.5 Å². The Morgan fingerprint density at radius 3 is 2.73 bits per heavy atom. The van der Waals surface area contributed by atoms with Gasteiger partial charge >= 0.3 is 12.0 Å². The number of hydrogen-bond donors (Lipinski definition) is 2. The number of urea groups is 1. The number of nitro benzene ring substituents is 1. The van der Waals surface area contributed by atoms with Crippen LogP contribution in [0.4, 0.5) is 16.2 Å². The molecular weight excluding hydrogens is 344 g/mol. The minimum atomic E-state index is -1.19. The number of anilines is 1. The van der Waals surface area contributed by atoms with Gasteiger partial charge in [-0.15, -0.1) is 0 Å². The SMILES string of the molecule is CC(OC(=O)c1ccc(NC2CC2)c([N+](=O)[O-])c1)C(=O)N1CCNC1=O. The number of carbonyl (C=O) groups is 3. The monoisotopic (exact) mass is 362 g/mol. The Morgan fingerprint density at radius 1 is 1.42 bits per heavy atom. The molecule has 2 aliphatic rings. The zero-order chi connectivity index (χ0) is 18.8. The zero-order valence-corrected chi connectivity index (χ0v) is 14.1. The molecular formula is C16H18N4O6. The predicted octanol–water partition coefficient (Wildman–Crippen LogP) is 1.27. The molecule has 26 heavy (non-hydrogen) atoms. The van der Waals surface area contributed by atoms with Gasteiger partial charge in [0.25, 0.3) is 11.6 Å². The lowest BCUT2D eigenvalue weighted by Crippen LogP contribution is -2.41. The first-order valence-corrected chi connectivity index (χ1v) is 8.22. The molecule has 1 aromatic rings. The third kappa shape index (κ3) is 3.73. The molecule has 1 aliphatic carbocycles. The van der Waals surface area contributed by atoms with E-state index in [-0.39, 0.29) is 23.8 Å². The van der Waals surface area contributed by atoms with Crippen LogP contribution in [0.2, 0.25) is 0 Å². The number of hydrogen-bond acceptors (Lipinski definition) is 7. The van der Waals surface area contributed by atoms with Crippen LogP contribution in [0.5, 0.6) is 0 Å². The summed E-state index contributed by atoms with van der Waals surface area (Å²) >= 11 is 0. The molecule has 1 unspecified atom stereocenters. The summed E-state index contributed by atoms with van der Waals surface area (Å²) in [7, 11) is 0. The van der Waals surface area contributed by atoms with Crippen molar-refractivity contribution in [3.8, 4) is 0 Å². The number of imide groups is 1. The highest BCUT2D eigenvalue weighted by Gasteiger charge is 2.32. The van der Waals surface area contributed by atoms with Crippen molar-refractivity contribution in [2.75, 3.05) is 18.4 Å². The molecule has 1 atom stereocenters. The van der Waals surface area contributed by atoms with Crippen molar-refractivity contribution < 1.29 is 24.0 Å². The van der Waals surface area contributed by atoms with Crippen LogP contribution < -0.4 is 10.6 Å². The van der Waals surface area contributed by atoms with E-state index >= 15 is 0 Å². The number of rotatable bonds is 6. The number of nitrogens with zero attached hydrogens (tertiary/aromatic N) is 2. The predicted molar refractivity (Wildman–Crippen MR) is 89.7 cm³/mol. The van der Waals surface area contributed by atoms with Gasteiger partial charge in [0, 0.05) is 25.2 Å². The molecule has 0 spiro atoms. The molecule has 138 valence electrons. The number of carbonyl (C=O) groups excluding carboxylic acids is 3. The lowest BCUT2D eigenvalue weighted by atomic mass is 10.1. The Kier molecular flexibility index (Phi) is 4.74. The van der Waals surface area contributed by atoms with E-state index in [0.717, 1.165) is 23.8 Å². The van der Waals surface area contributed by atoms with Crippen LogP contribution in [0.25, 0.3) is 0 Å². The molecule has 0 aromatic heterocycles. The van der Waals surface area contributed by atoms with E-state index in [2.05, 4.69) is 10.6 Å². The average Bonchev–Trinajstić information content (AvgIpc) is 3.32. The summed E-state index contributed by atoms with van der Waals surface area (Å²) in [6, 6.07) is 3.65. The van der Waals surface area contributed by atoms with E-state index in [4.69, 9.17) is 4.74 Å². The summed E-state index contributed by atoms with van der Waals surface area (Å²) in [6.07, 6.45) is 0.713. The van der Waals surface area contributed by atoms with Crippen LogP contribution in [-0.4, -0.2) is 53.0 Å². The van der Waals surface area contributed by atoms with E-state index in [1.165, 1.54) is 19.1 Å². The molecule has 2 fully saturated rings. The van der Waals surface area contributed by atoms with Crippen molar-refractivity contribution in [3.63, 3.8) is 0 Å².